The minimum atomic E-state index is 0.349. The van der Waals surface area contributed by atoms with E-state index in [-0.39, 0.29) is 0 Å². The van der Waals surface area contributed by atoms with Gasteiger partial charge in [-0.05, 0) is 45.6 Å². The Morgan fingerprint density at radius 3 is 2.81 bits per heavy atom. The smallest absolute Gasteiger partial charge is 0.0477 e. The van der Waals surface area contributed by atoms with Crippen LogP contribution in [-0.2, 0) is 4.74 Å². The van der Waals surface area contributed by atoms with Crippen molar-refractivity contribution in [1.82, 2.24) is 10.2 Å². The van der Waals surface area contributed by atoms with Crippen molar-refractivity contribution in [3.8, 4) is 0 Å². The fraction of sp³-hybridized carbons (Fsp3) is 1.00. The Kier molecular flexibility index (Phi) is 3.57. The van der Waals surface area contributed by atoms with Crippen molar-refractivity contribution in [1.29, 1.82) is 0 Å². The fourth-order valence-corrected chi connectivity index (χ4v) is 3.64. The summed E-state index contributed by atoms with van der Waals surface area (Å²) >= 11 is 0. The third-order valence-electron chi connectivity index (χ3n) is 4.69. The number of methoxy groups -OCH3 is 1. The molecule has 0 aromatic carbocycles. The predicted octanol–water partition coefficient (Wildman–Crippen LogP) is 1.34. The molecule has 2 aliphatic heterocycles. The van der Waals surface area contributed by atoms with Gasteiger partial charge in [-0.2, -0.15) is 0 Å². The van der Waals surface area contributed by atoms with Gasteiger partial charge < -0.3 is 10.1 Å². The lowest BCUT2D eigenvalue weighted by molar-refractivity contribution is 0.0740. The van der Waals surface area contributed by atoms with Gasteiger partial charge in [-0.1, -0.05) is 0 Å². The molecular weight excluding hydrogens is 200 g/mol. The lowest BCUT2D eigenvalue weighted by Gasteiger charge is -2.39. The minimum absolute atomic E-state index is 0.349. The highest BCUT2D eigenvalue weighted by Crippen LogP contribution is 2.41. The Labute approximate surface area is 99.5 Å². The van der Waals surface area contributed by atoms with E-state index in [0.717, 1.165) is 24.9 Å². The van der Waals surface area contributed by atoms with Crippen LogP contribution < -0.4 is 5.32 Å². The van der Waals surface area contributed by atoms with Crippen LogP contribution in [0.5, 0.6) is 0 Å². The quantitative estimate of drug-likeness (QED) is 0.783. The molecule has 0 bridgehead atoms. The first-order valence-electron chi connectivity index (χ1n) is 6.53. The summed E-state index contributed by atoms with van der Waals surface area (Å²) in [5, 5.41) is 3.53. The fourth-order valence-electron chi connectivity index (χ4n) is 3.64. The number of hydrogen-bond donors (Lipinski definition) is 1. The van der Waals surface area contributed by atoms with Crippen LogP contribution in [0.1, 0.15) is 27.2 Å². The Morgan fingerprint density at radius 1 is 1.44 bits per heavy atom. The van der Waals surface area contributed by atoms with E-state index < -0.39 is 0 Å². The normalized spacial score (nSPS) is 35.2. The Balaban J connectivity index is 2.00. The zero-order valence-electron chi connectivity index (χ0n) is 11.1. The first-order chi connectivity index (χ1) is 7.57. The summed E-state index contributed by atoms with van der Waals surface area (Å²) in [5.74, 6) is 1.69. The van der Waals surface area contributed by atoms with Crippen LogP contribution in [0.15, 0.2) is 0 Å². The van der Waals surface area contributed by atoms with Crippen LogP contribution in [-0.4, -0.2) is 49.8 Å². The van der Waals surface area contributed by atoms with Gasteiger partial charge in [0.2, 0.25) is 0 Å². The predicted molar refractivity (Wildman–Crippen MR) is 66.6 cm³/mol. The van der Waals surface area contributed by atoms with E-state index in [1.165, 1.54) is 19.6 Å². The molecule has 0 radical (unpaired) electrons. The second-order valence-corrected chi connectivity index (χ2v) is 5.96. The van der Waals surface area contributed by atoms with Crippen LogP contribution in [0.2, 0.25) is 0 Å². The van der Waals surface area contributed by atoms with Gasteiger partial charge in [0.25, 0.3) is 0 Å². The molecule has 0 amide bonds. The first-order valence-corrected chi connectivity index (χ1v) is 6.53. The van der Waals surface area contributed by atoms with Crippen molar-refractivity contribution >= 4 is 0 Å². The Bertz CT molecular complexity index is 242. The summed E-state index contributed by atoms with van der Waals surface area (Å²) in [6.07, 6.45) is 1.15. The van der Waals surface area contributed by atoms with Crippen molar-refractivity contribution in [3.05, 3.63) is 0 Å². The molecule has 2 saturated heterocycles. The summed E-state index contributed by atoms with van der Waals surface area (Å²) in [7, 11) is 1.79. The van der Waals surface area contributed by atoms with Crippen LogP contribution in [0.4, 0.5) is 0 Å². The number of likely N-dealkylation sites (tertiary alicyclic amines) is 1. The molecule has 3 atom stereocenters. The summed E-state index contributed by atoms with van der Waals surface area (Å²) in [5.41, 5.74) is 0.349. The van der Waals surface area contributed by atoms with Crippen molar-refractivity contribution in [2.75, 3.05) is 33.4 Å². The van der Waals surface area contributed by atoms with E-state index in [0.29, 0.717) is 11.6 Å². The third kappa shape index (κ3) is 2.01. The van der Waals surface area contributed by atoms with E-state index >= 15 is 0 Å². The van der Waals surface area contributed by atoms with E-state index in [1.807, 2.05) is 0 Å². The van der Waals surface area contributed by atoms with Gasteiger partial charge in [-0.15, -0.1) is 0 Å². The molecule has 3 unspecified atom stereocenters. The lowest BCUT2D eigenvalue weighted by Crippen LogP contribution is -2.49. The molecule has 2 rings (SSSR count). The summed E-state index contributed by atoms with van der Waals surface area (Å²) < 4.78 is 5.20. The maximum atomic E-state index is 5.20. The van der Waals surface area contributed by atoms with Crippen LogP contribution in [0.25, 0.3) is 0 Å². The van der Waals surface area contributed by atoms with Gasteiger partial charge in [-0.25, -0.2) is 0 Å². The van der Waals surface area contributed by atoms with Gasteiger partial charge in [0.1, 0.15) is 0 Å². The number of rotatable bonds is 4. The van der Waals surface area contributed by atoms with Crippen LogP contribution >= 0.6 is 0 Å². The maximum absolute atomic E-state index is 5.20. The van der Waals surface area contributed by atoms with E-state index in [4.69, 9.17) is 4.74 Å². The maximum Gasteiger partial charge on any atom is 0.0477 e. The minimum Gasteiger partial charge on any atom is -0.385 e. The average Bonchev–Trinajstić information content (AvgIpc) is 2.78. The molecule has 0 aromatic heterocycles. The monoisotopic (exact) mass is 226 g/mol. The summed E-state index contributed by atoms with van der Waals surface area (Å²) in [4.78, 5) is 2.70. The van der Waals surface area contributed by atoms with Gasteiger partial charge in [0.15, 0.2) is 0 Å². The third-order valence-corrected chi connectivity index (χ3v) is 4.69. The second-order valence-electron chi connectivity index (χ2n) is 5.96. The van der Waals surface area contributed by atoms with Gasteiger partial charge >= 0.3 is 0 Å². The number of nitrogens with one attached hydrogen (secondary N) is 1. The number of fused-ring (bicyclic) bond motifs is 1. The molecule has 0 spiro atoms. The molecule has 0 aliphatic carbocycles. The van der Waals surface area contributed by atoms with Crippen molar-refractivity contribution in [3.63, 3.8) is 0 Å². The lowest BCUT2D eigenvalue weighted by atomic mass is 9.84. The highest BCUT2D eigenvalue weighted by atomic mass is 16.5. The standard InChI is InChI=1S/C13H26N2O/c1-10(5-6-16-4)15-9-11-7-14-8-12(11)13(15,2)3/h10-12,14H,5-9H2,1-4H3. The molecule has 2 heterocycles. The second kappa shape index (κ2) is 4.63. The molecule has 0 aromatic rings. The first kappa shape index (κ1) is 12.3. The van der Waals surface area contributed by atoms with Crippen LogP contribution in [0, 0.1) is 11.8 Å². The molecular formula is C13H26N2O. The number of nitrogens with zero attached hydrogens (tertiary/aromatic N) is 1. The van der Waals surface area contributed by atoms with Gasteiger partial charge in [0.05, 0.1) is 0 Å². The molecule has 3 heteroatoms. The van der Waals surface area contributed by atoms with Gasteiger partial charge in [0, 0.05) is 38.4 Å². The van der Waals surface area contributed by atoms with E-state index in [9.17, 15) is 0 Å². The van der Waals surface area contributed by atoms with Crippen molar-refractivity contribution < 1.29 is 4.74 Å². The number of hydrogen-bond acceptors (Lipinski definition) is 3. The highest BCUT2D eigenvalue weighted by molar-refractivity contribution is 5.05. The average molecular weight is 226 g/mol. The van der Waals surface area contributed by atoms with Crippen LogP contribution in [0.3, 0.4) is 0 Å². The SMILES string of the molecule is COCCC(C)N1CC2CNCC2C1(C)C. The topological polar surface area (TPSA) is 24.5 Å². The summed E-state index contributed by atoms with van der Waals surface area (Å²) in [6, 6.07) is 0.639. The zero-order valence-corrected chi connectivity index (χ0v) is 11.1. The molecule has 3 nitrogen and oxygen atoms in total. The van der Waals surface area contributed by atoms with Crippen molar-refractivity contribution in [2.45, 2.75) is 38.8 Å². The highest BCUT2D eigenvalue weighted by Gasteiger charge is 2.50. The molecule has 2 fully saturated rings. The molecule has 2 aliphatic rings. The molecule has 94 valence electrons. The van der Waals surface area contributed by atoms with E-state index in [2.05, 4.69) is 31.0 Å². The zero-order chi connectivity index (χ0) is 11.8. The van der Waals surface area contributed by atoms with Crippen molar-refractivity contribution in [2.24, 2.45) is 11.8 Å². The summed E-state index contributed by atoms with van der Waals surface area (Å²) in [6.45, 7) is 11.7. The largest absolute Gasteiger partial charge is 0.385 e. The van der Waals surface area contributed by atoms with Gasteiger partial charge in [-0.3, -0.25) is 4.90 Å². The Hall–Kier alpha value is -0.120. The molecule has 0 saturated carbocycles. The molecule has 16 heavy (non-hydrogen) atoms. The Morgan fingerprint density at radius 2 is 2.19 bits per heavy atom. The molecule has 1 N–H and O–H groups in total. The number of ether oxygens (including phenoxy) is 1. The van der Waals surface area contributed by atoms with E-state index in [1.54, 1.807) is 7.11 Å².